The van der Waals surface area contributed by atoms with Gasteiger partial charge in [-0.25, -0.2) is 4.39 Å². The van der Waals surface area contributed by atoms with Crippen molar-refractivity contribution in [3.8, 4) is 5.75 Å². The highest BCUT2D eigenvalue weighted by Crippen LogP contribution is 2.23. The smallest absolute Gasteiger partial charge is 0.128 e. The summed E-state index contributed by atoms with van der Waals surface area (Å²) in [7, 11) is 0. The van der Waals surface area contributed by atoms with Crippen LogP contribution in [0.1, 0.15) is 39.7 Å². The molecule has 100 valence electrons. The summed E-state index contributed by atoms with van der Waals surface area (Å²) in [5, 5.41) is 11.9. The number of nitrogens with zero attached hydrogens (tertiary/aromatic N) is 1. The van der Waals surface area contributed by atoms with Gasteiger partial charge in [-0.15, -0.1) is 0 Å². The predicted molar refractivity (Wildman–Crippen MR) is 70.0 cm³/mol. The molecule has 3 nitrogen and oxygen atoms in total. The maximum Gasteiger partial charge on any atom is 0.128 e. The van der Waals surface area contributed by atoms with E-state index >= 15 is 0 Å². The van der Waals surface area contributed by atoms with Crippen LogP contribution in [0.3, 0.4) is 0 Å². The van der Waals surface area contributed by atoms with E-state index in [2.05, 4.69) is 25.9 Å². The van der Waals surface area contributed by atoms with Crippen LogP contribution < -0.4 is 4.74 Å². The molecule has 0 unspecified atom stereocenters. The molecular formula is C14H20FNO2. The first kappa shape index (κ1) is 14.5. The Balaban J connectivity index is 2.82. The first-order valence-corrected chi connectivity index (χ1v) is 5.95. The largest absolute Gasteiger partial charge is 0.493 e. The molecule has 0 fully saturated rings. The normalized spacial score (nSPS) is 12.6. The van der Waals surface area contributed by atoms with Crippen molar-refractivity contribution in [1.29, 1.82) is 0 Å². The highest BCUT2D eigenvalue weighted by molar-refractivity contribution is 6.00. The molecule has 0 aliphatic carbocycles. The first-order valence-electron chi connectivity index (χ1n) is 5.95. The van der Waals surface area contributed by atoms with E-state index < -0.39 is 0 Å². The van der Waals surface area contributed by atoms with Gasteiger partial charge in [0.1, 0.15) is 11.6 Å². The fraction of sp³-hybridized carbons (Fsp3) is 0.500. The van der Waals surface area contributed by atoms with Crippen molar-refractivity contribution in [2.75, 3.05) is 6.61 Å². The molecule has 0 heterocycles. The molecule has 1 aromatic carbocycles. The Hall–Kier alpha value is -1.58. The fourth-order valence-corrected chi connectivity index (χ4v) is 1.43. The second-order valence-electron chi connectivity index (χ2n) is 5.49. The van der Waals surface area contributed by atoms with Crippen LogP contribution in [0, 0.1) is 11.2 Å². The summed E-state index contributed by atoms with van der Waals surface area (Å²) >= 11 is 0. The standard InChI is InChI=1S/C14H20FNO2/c1-10(16-17)12-9-11(15)5-6-13(12)18-8-7-14(2,3)4/h5-6,9,17H,7-8H2,1-4H3. The zero-order valence-corrected chi connectivity index (χ0v) is 11.3. The van der Waals surface area contributed by atoms with Crippen molar-refractivity contribution in [2.24, 2.45) is 10.6 Å². The summed E-state index contributed by atoms with van der Waals surface area (Å²) in [6.07, 6.45) is 0.888. The van der Waals surface area contributed by atoms with Crippen LogP contribution in [0.25, 0.3) is 0 Å². The van der Waals surface area contributed by atoms with Gasteiger partial charge in [0, 0.05) is 5.56 Å². The number of hydrogen-bond acceptors (Lipinski definition) is 3. The van der Waals surface area contributed by atoms with Gasteiger partial charge in [-0.3, -0.25) is 0 Å². The maximum absolute atomic E-state index is 13.2. The van der Waals surface area contributed by atoms with Crippen LogP contribution in [0.2, 0.25) is 0 Å². The second-order valence-corrected chi connectivity index (χ2v) is 5.49. The van der Waals surface area contributed by atoms with Crippen molar-refractivity contribution in [3.05, 3.63) is 29.6 Å². The molecule has 1 N–H and O–H groups in total. The molecule has 0 saturated carbocycles. The van der Waals surface area contributed by atoms with E-state index in [1.54, 1.807) is 13.0 Å². The summed E-state index contributed by atoms with van der Waals surface area (Å²) in [6.45, 7) is 8.53. The van der Waals surface area contributed by atoms with Crippen molar-refractivity contribution in [3.63, 3.8) is 0 Å². The van der Waals surface area contributed by atoms with E-state index in [0.29, 0.717) is 23.6 Å². The zero-order valence-electron chi connectivity index (χ0n) is 11.3. The quantitative estimate of drug-likeness (QED) is 0.503. The molecule has 1 aromatic rings. The van der Waals surface area contributed by atoms with Crippen molar-refractivity contribution >= 4 is 5.71 Å². The van der Waals surface area contributed by atoms with Crippen molar-refractivity contribution in [2.45, 2.75) is 34.1 Å². The Morgan fingerprint density at radius 1 is 1.39 bits per heavy atom. The lowest BCUT2D eigenvalue weighted by atomic mass is 9.93. The minimum absolute atomic E-state index is 0.181. The third-order valence-corrected chi connectivity index (χ3v) is 2.59. The number of oxime groups is 1. The Morgan fingerprint density at radius 2 is 2.06 bits per heavy atom. The van der Waals surface area contributed by atoms with Gasteiger partial charge in [0.15, 0.2) is 0 Å². The number of halogens is 1. The van der Waals surface area contributed by atoms with Crippen LogP contribution in [-0.2, 0) is 0 Å². The molecule has 0 aliphatic heterocycles. The average Bonchev–Trinajstić information content (AvgIpc) is 2.28. The van der Waals surface area contributed by atoms with Gasteiger partial charge in [-0.1, -0.05) is 25.9 Å². The predicted octanol–water partition coefficient (Wildman–Crippen LogP) is 3.84. The number of hydrogen-bond donors (Lipinski definition) is 1. The lowest BCUT2D eigenvalue weighted by Gasteiger charge is -2.19. The third-order valence-electron chi connectivity index (χ3n) is 2.59. The summed E-state index contributed by atoms with van der Waals surface area (Å²) in [4.78, 5) is 0. The van der Waals surface area contributed by atoms with Crippen molar-refractivity contribution < 1.29 is 14.3 Å². The Morgan fingerprint density at radius 3 is 2.61 bits per heavy atom. The van der Waals surface area contributed by atoms with E-state index in [1.807, 2.05) is 0 Å². The van der Waals surface area contributed by atoms with Gasteiger partial charge in [-0.2, -0.15) is 0 Å². The van der Waals surface area contributed by atoms with E-state index in [0.717, 1.165) is 6.42 Å². The molecule has 0 aliphatic rings. The van der Waals surface area contributed by atoms with Gasteiger partial charge in [0.25, 0.3) is 0 Å². The van der Waals surface area contributed by atoms with Gasteiger partial charge in [0.2, 0.25) is 0 Å². The van der Waals surface area contributed by atoms with Crippen LogP contribution in [0.4, 0.5) is 4.39 Å². The lowest BCUT2D eigenvalue weighted by molar-refractivity contribution is 0.242. The molecule has 0 atom stereocenters. The number of rotatable bonds is 4. The molecule has 18 heavy (non-hydrogen) atoms. The Kier molecular flexibility index (Phi) is 4.70. The van der Waals surface area contributed by atoms with E-state index in [-0.39, 0.29) is 11.2 Å². The van der Waals surface area contributed by atoms with Gasteiger partial charge >= 0.3 is 0 Å². The van der Waals surface area contributed by atoms with Crippen LogP contribution in [0.15, 0.2) is 23.4 Å². The van der Waals surface area contributed by atoms with Gasteiger partial charge in [-0.05, 0) is 37.0 Å². The molecule has 4 heteroatoms. The Bertz CT molecular complexity index is 436. The second kappa shape index (κ2) is 5.85. The molecule has 0 saturated heterocycles. The lowest BCUT2D eigenvalue weighted by Crippen LogP contribution is -2.12. The molecule has 0 aromatic heterocycles. The van der Waals surface area contributed by atoms with Crippen LogP contribution in [0.5, 0.6) is 5.75 Å². The maximum atomic E-state index is 13.2. The van der Waals surface area contributed by atoms with Crippen LogP contribution in [-0.4, -0.2) is 17.5 Å². The molecule has 1 rings (SSSR count). The van der Waals surface area contributed by atoms with E-state index in [4.69, 9.17) is 9.94 Å². The fourth-order valence-electron chi connectivity index (χ4n) is 1.43. The van der Waals surface area contributed by atoms with Gasteiger partial charge in [0.05, 0.1) is 12.3 Å². The monoisotopic (exact) mass is 253 g/mol. The molecule has 0 bridgehead atoms. The van der Waals surface area contributed by atoms with Gasteiger partial charge < -0.3 is 9.94 Å². The summed E-state index contributed by atoms with van der Waals surface area (Å²) in [6, 6.07) is 4.20. The Labute approximate surface area is 107 Å². The zero-order chi connectivity index (χ0) is 13.8. The van der Waals surface area contributed by atoms with E-state index in [9.17, 15) is 4.39 Å². The van der Waals surface area contributed by atoms with Crippen molar-refractivity contribution in [1.82, 2.24) is 0 Å². The van der Waals surface area contributed by atoms with E-state index in [1.165, 1.54) is 12.1 Å². The summed E-state index contributed by atoms with van der Waals surface area (Å²) in [5.74, 6) is 0.159. The number of ether oxygens (including phenoxy) is 1. The average molecular weight is 253 g/mol. The topological polar surface area (TPSA) is 41.8 Å². The minimum atomic E-state index is -0.379. The SMILES string of the molecule is CC(=NO)c1cc(F)ccc1OCCC(C)(C)C. The molecule has 0 spiro atoms. The highest BCUT2D eigenvalue weighted by atomic mass is 19.1. The van der Waals surface area contributed by atoms with Crippen LogP contribution >= 0.6 is 0 Å². The number of benzene rings is 1. The minimum Gasteiger partial charge on any atom is -0.493 e. The molecule has 0 amide bonds. The molecular weight excluding hydrogens is 233 g/mol. The third kappa shape index (κ3) is 4.35. The first-order chi connectivity index (χ1) is 8.33. The molecule has 0 radical (unpaired) electrons. The summed E-state index contributed by atoms with van der Waals surface area (Å²) < 4.78 is 18.8. The summed E-state index contributed by atoms with van der Waals surface area (Å²) in [5.41, 5.74) is 0.993. The highest BCUT2D eigenvalue weighted by Gasteiger charge is 2.12.